The molecule has 3 aromatic carbocycles. The van der Waals surface area contributed by atoms with Crippen molar-refractivity contribution in [2.24, 2.45) is 10.3 Å². The number of benzene rings is 3. The van der Waals surface area contributed by atoms with Crippen LogP contribution in [0.1, 0.15) is 17.0 Å². The van der Waals surface area contributed by atoms with Gasteiger partial charge in [0.05, 0.1) is 30.4 Å². The van der Waals surface area contributed by atoms with Crippen LogP contribution in [0.25, 0.3) is 10.9 Å². The number of oxime groups is 1. The van der Waals surface area contributed by atoms with Crippen molar-refractivity contribution in [3.05, 3.63) is 94.0 Å². The number of phenolic OH excluding ortho intramolecular Hbond substituents is 2. The molecule has 33 heavy (non-hydrogen) atoms. The number of ether oxygens (including phenoxy) is 1. The highest BCUT2D eigenvalue weighted by molar-refractivity contribution is 5.84. The molecule has 0 spiro atoms. The van der Waals surface area contributed by atoms with E-state index in [1.807, 2.05) is 12.1 Å². The van der Waals surface area contributed by atoms with Gasteiger partial charge < -0.3 is 19.8 Å². The van der Waals surface area contributed by atoms with Gasteiger partial charge in [0.2, 0.25) is 0 Å². The molecule has 4 aromatic rings. The van der Waals surface area contributed by atoms with Crippen molar-refractivity contribution in [2.75, 3.05) is 7.11 Å². The number of fused-ring (bicyclic) bond motifs is 1. The van der Waals surface area contributed by atoms with E-state index in [-0.39, 0.29) is 23.9 Å². The first-order valence-corrected chi connectivity index (χ1v) is 9.91. The molecule has 0 saturated carbocycles. The third kappa shape index (κ3) is 4.99. The van der Waals surface area contributed by atoms with E-state index in [9.17, 15) is 15.0 Å². The largest absolute Gasteiger partial charge is 0.508 e. The standard InChI is InChI=1S/C24H20N4O5/c1-32-19-10-6-16(7-11-19)13-26-33-15-23-27-21-5-3-2-4-20(21)24(31)28(23)25-14-17-8-9-18(29)12-22(17)30/h2-14,29-30H,15H2,1H3. The van der Waals surface area contributed by atoms with E-state index in [0.717, 1.165) is 16.0 Å². The van der Waals surface area contributed by atoms with Gasteiger partial charge in [0.15, 0.2) is 12.4 Å². The topological polar surface area (TPSA) is 119 Å². The minimum Gasteiger partial charge on any atom is -0.508 e. The quantitative estimate of drug-likeness (QED) is 0.334. The van der Waals surface area contributed by atoms with Gasteiger partial charge in [-0.25, -0.2) is 4.98 Å². The molecule has 9 heteroatoms. The summed E-state index contributed by atoms with van der Waals surface area (Å²) in [4.78, 5) is 22.9. The molecule has 0 radical (unpaired) electrons. The second kappa shape index (κ2) is 9.65. The van der Waals surface area contributed by atoms with Crippen LogP contribution in [0.2, 0.25) is 0 Å². The molecule has 0 aliphatic heterocycles. The maximum absolute atomic E-state index is 13.0. The molecule has 9 nitrogen and oxygen atoms in total. The summed E-state index contributed by atoms with van der Waals surface area (Å²) in [6.07, 6.45) is 2.83. The third-order valence-electron chi connectivity index (χ3n) is 4.73. The van der Waals surface area contributed by atoms with Gasteiger partial charge in [-0.2, -0.15) is 9.78 Å². The molecule has 2 N–H and O–H groups in total. The van der Waals surface area contributed by atoms with E-state index in [4.69, 9.17) is 9.57 Å². The highest BCUT2D eigenvalue weighted by Gasteiger charge is 2.11. The van der Waals surface area contributed by atoms with Crippen molar-refractivity contribution in [1.29, 1.82) is 0 Å². The summed E-state index contributed by atoms with van der Waals surface area (Å²) in [6.45, 7) is -0.119. The number of methoxy groups -OCH3 is 1. The molecule has 4 rings (SSSR count). The maximum Gasteiger partial charge on any atom is 0.282 e. The zero-order valence-electron chi connectivity index (χ0n) is 17.6. The molecule has 0 atom stereocenters. The van der Waals surface area contributed by atoms with Crippen molar-refractivity contribution in [3.63, 3.8) is 0 Å². The zero-order chi connectivity index (χ0) is 23.2. The number of phenols is 2. The van der Waals surface area contributed by atoms with E-state index in [1.54, 1.807) is 43.5 Å². The molecule has 0 aliphatic carbocycles. The lowest BCUT2D eigenvalue weighted by Crippen LogP contribution is -2.22. The van der Waals surface area contributed by atoms with Crippen LogP contribution in [0, 0.1) is 0 Å². The van der Waals surface area contributed by atoms with E-state index >= 15 is 0 Å². The van der Waals surface area contributed by atoms with Gasteiger partial charge in [-0.1, -0.05) is 17.3 Å². The number of nitrogens with zero attached hydrogens (tertiary/aromatic N) is 4. The number of hydrogen-bond acceptors (Lipinski definition) is 8. The Balaban J connectivity index is 1.62. The van der Waals surface area contributed by atoms with Crippen molar-refractivity contribution >= 4 is 23.3 Å². The first kappa shape index (κ1) is 21.6. The fourth-order valence-corrected chi connectivity index (χ4v) is 3.03. The lowest BCUT2D eigenvalue weighted by Gasteiger charge is -2.08. The van der Waals surface area contributed by atoms with E-state index in [2.05, 4.69) is 15.2 Å². The van der Waals surface area contributed by atoms with Gasteiger partial charge in [0.25, 0.3) is 5.56 Å². The number of hydrogen-bond donors (Lipinski definition) is 2. The molecular formula is C24H20N4O5. The Hall–Kier alpha value is -4.66. The Labute approximate surface area is 188 Å². The number of para-hydroxylation sites is 1. The van der Waals surface area contributed by atoms with Gasteiger partial charge in [0.1, 0.15) is 17.2 Å². The van der Waals surface area contributed by atoms with Crippen molar-refractivity contribution in [3.8, 4) is 17.2 Å². The second-order valence-corrected chi connectivity index (χ2v) is 6.93. The second-order valence-electron chi connectivity index (χ2n) is 6.93. The molecule has 0 fully saturated rings. The number of aromatic nitrogens is 2. The summed E-state index contributed by atoms with van der Waals surface area (Å²) in [5.41, 5.74) is 1.23. The van der Waals surface area contributed by atoms with E-state index < -0.39 is 5.56 Å². The summed E-state index contributed by atoms with van der Waals surface area (Å²) in [7, 11) is 1.59. The Morgan fingerprint density at radius 3 is 2.58 bits per heavy atom. The SMILES string of the molecule is COc1ccc(C=NOCc2nc3ccccc3c(=O)n2N=Cc2ccc(O)cc2O)cc1. The van der Waals surface area contributed by atoms with Crippen molar-refractivity contribution in [2.45, 2.75) is 6.61 Å². The zero-order valence-corrected chi connectivity index (χ0v) is 17.6. The van der Waals surface area contributed by atoms with Crippen LogP contribution >= 0.6 is 0 Å². The molecule has 0 bridgehead atoms. The van der Waals surface area contributed by atoms with Gasteiger partial charge in [-0.15, -0.1) is 0 Å². The highest BCUT2D eigenvalue weighted by Crippen LogP contribution is 2.21. The average molecular weight is 444 g/mol. The molecule has 0 amide bonds. The molecular weight excluding hydrogens is 424 g/mol. The Morgan fingerprint density at radius 2 is 1.82 bits per heavy atom. The van der Waals surface area contributed by atoms with E-state index in [1.165, 1.54) is 30.6 Å². The molecule has 1 heterocycles. The van der Waals surface area contributed by atoms with E-state index in [0.29, 0.717) is 16.5 Å². The fraction of sp³-hybridized carbons (Fsp3) is 0.0833. The normalized spacial score (nSPS) is 11.4. The van der Waals surface area contributed by atoms with Gasteiger partial charge >= 0.3 is 0 Å². The smallest absolute Gasteiger partial charge is 0.282 e. The summed E-state index contributed by atoms with van der Waals surface area (Å²) in [5.74, 6) is 0.690. The predicted molar refractivity (Wildman–Crippen MR) is 124 cm³/mol. The molecule has 0 saturated heterocycles. The third-order valence-corrected chi connectivity index (χ3v) is 4.73. The summed E-state index contributed by atoms with van der Waals surface area (Å²) in [6, 6.07) is 18.2. The first-order chi connectivity index (χ1) is 16.0. The minimum atomic E-state index is -0.396. The molecule has 0 unspecified atom stereocenters. The summed E-state index contributed by atoms with van der Waals surface area (Å²) >= 11 is 0. The summed E-state index contributed by atoms with van der Waals surface area (Å²) in [5, 5.41) is 28.0. The van der Waals surface area contributed by atoms with Crippen LogP contribution in [-0.2, 0) is 11.4 Å². The van der Waals surface area contributed by atoms with Gasteiger partial charge in [0, 0.05) is 11.6 Å². The number of rotatable bonds is 7. The monoisotopic (exact) mass is 444 g/mol. The van der Waals surface area contributed by atoms with Crippen LogP contribution in [0.3, 0.4) is 0 Å². The van der Waals surface area contributed by atoms with Gasteiger partial charge in [-0.3, -0.25) is 4.79 Å². The van der Waals surface area contributed by atoms with Crippen molar-refractivity contribution in [1.82, 2.24) is 9.66 Å². The summed E-state index contributed by atoms with van der Waals surface area (Å²) < 4.78 is 6.22. The number of aromatic hydroxyl groups is 2. The van der Waals surface area contributed by atoms with Crippen molar-refractivity contribution < 1.29 is 19.8 Å². The van der Waals surface area contributed by atoms with Crippen LogP contribution < -0.4 is 10.3 Å². The average Bonchev–Trinajstić information content (AvgIpc) is 2.83. The molecule has 166 valence electrons. The first-order valence-electron chi connectivity index (χ1n) is 9.91. The lowest BCUT2D eigenvalue weighted by atomic mass is 10.2. The van der Waals surface area contributed by atoms with Crippen LogP contribution in [0.4, 0.5) is 0 Å². The van der Waals surface area contributed by atoms with Crippen LogP contribution in [0.15, 0.2) is 81.8 Å². The fourth-order valence-electron chi connectivity index (χ4n) is 3.03. The van der Waals surface area contributed by atoms with Crippen LogP contribution in [0.5, 0.6) is 17.2 Å². The lowest BCUT2D eigenvalue weighted by molar-refractivity contribution is 0.123. The highest BCUT2D eigenvalue weighted by atomic mass is 16.6. The molecule has 1 aromatic heterocycles. The predicted octanol–water partition coefficient (Wildman–Crippen LogP) is 3.25. The van der Waals surface area contributed by atoms with Crippen LogP contribution in [-0.4, -0.2) is 39.4 Å². The Morgan fingerprint density at radius 1 is 1.03 bits per heavy atom. The molecule has 0 aliphatic rings. The minimum absolute atomic E-state index is 0.0852. The van der Waals surface area contributed by atoms with Gasteiger partial charge in [-0.05, 0) is 54.1 Å². The maximum atomic E-state index is 13.0. The Bertz CT molecular complexity index is 1390. The Kier molecular flexibility index (Phi) is 6.31.